The summed E-state index contributed by atoms with van der Waals surface area (Å²) >= 11 is 0. The van der Waals surface area contributed by atoms with Crippen LogP contribution in [0.3, 0.4) is 0 Å². The fraction of sp³-hybridized carbons (Fsp3) is 0.857. The van der Waals surface area contributed by atoms with Crippen LogP contribution in [-0.2, 0) is 4.79 Å². The predicted octanol–water partition coefficient (Wildman–Crippen LogP) is 1.46. The molecule has 0 aliphatic carbocycles. The van der Waals surface area contributed by atoms with Gasteiger partial charge < -0.3 is 4.79 Å². The molecule has 0 fully saturated rings. The molecule has 0 unspecified atom stereocenters. The first-order valence-electron chi connectivity index (χ1n) is 3.43. The fourth-order valence-corrected chi connectivity index (χ4v) is 0.563. The number of carbonyl (C=O) groups excluding carboxylic acids is 1. The van der Waals surface area contributed by atoms with Crippen molar-refractivity contribution in [3.63, 3.8) is 0 Å². The summed E-state index contributed by atoms with van der Waals surface area (Å²) in [6, 6.07) is 0. The van der Waals surface area contributed by atoms with Gasteiger partial charge in [0, 0.05) is 0 Å². The lowest BCUT2D eigenvalue weighted by molar-refractivity contribution is -0.154. The van der Waals surface area contributed by atoms with Crippen LogP contribution < -0.4 is 0 Å². The maximum atomic E-state index is 11.8. The van der Waals surface area contributed by atoms with Gasteiger partial charge in [-0.05, 0) is 20.9 Å². The molecule has 0 amide bonds. The average Bonchev–Trinajstić information content (AvgIpc) is 1.84. The van der Waals surface area contributed by atoms with Crippen molar-refractivity contribution in [3.05, 3.63) is 0 Å². The summed E-state index contributed by atoms with van der Waals surface area (Å²) in [4.78, 5) is 11.3. The second-order valence-corrected chi connectivity index (χ2v) is 3.24. The average molecular weight is 183 g/mol. The third kappa shape index (κ3) is 3.71. The molecule has 0 aromatic heterocycles. The summed E-state index contributed by atoms with van der Waals surface area (Å²) in [6.45, 7) is 1.80. The number of likely N-dealkylation sites (N-methyl/N-ethyl adjacent to an activating group) is 1. The van der Waals surface area contributed by atoms with Crippen molar-refractivity contribution < 1.29 is 18.0 Å². The van der Waals surface area contributed by atoms with Crippen molar-refractivity contribution in [2.45, 2.75) is 25.6 Å². The number of halogens is 3. The van der Waals surface area contributed by atoms with Gasteiger partial charge in [-0.15, -0.1) is 0 Å². The Kier molecular flexibility index (Phi) is 3.26. The van der Waals surface area contributed by atoms with Gasteiger partial charge in [-0.25, -0.2) is 0 Å². The molecular weight excluding hydrogens is 171 g/mol. The Morgan fingerprint density at radius 3 is 2.00 bits per heavy atom. The Morgan fingerprint density at radius 1 is 1.33 bits per heavy atom. The molecule has 0 aliphatic heterocycles. The van der Waals surface area contributed by atoms with Crippen LogP contribution in [0.2, 0.25) is 0 Å². The van der Waals surface area contributed by atoms with E-state index >= 15 is 0 Å². The molecule has 72 valence electrons. The summed E-state index contributed by atoms with van der Waals surface area (Å²) < 4.78 is 35.4. The van der Waals surface area contributed by atoms with Gasteiger partial charge in [-0.2, -0.15) is 13.2 Å². The van der Waals surface area contributed by atoms with E-state index in [1.807, 2.05) is 0 Å². The molecule has 0 saturated carbocycles. The fourth-order valence-electron chi connectivity index (χ4n) is 0.563. The molecule has 0 saturated heterocycles. The van der Waals surface area contributed by atoms with Crippen LogP contribution in [0.4, 0.5) is 13.2 Å². The van der Waals surface area contributed by atoms with Crippen molar-refractivity contribution in [3.8, 4) is 0 Å². The van der Waals surface area contributed by atoms with Crippen LogP contribution in [0.1, 0.15) is 13.8 Å². The molecule has 0 atom stereocenters. The normalized spacial score (nSPS) is 13.6. The number of hydrogen-bond donors (Lipinski definition) is 0. The summed E-state index contributed by atoms with van der Waals surface area (Å²) in [7, 11) is 1.27. The number of carbonyl (C=O) groups is 1. The SMILES string of the molecule is CN(CC(F)(F)F)C(C)(C)C=O. The molecule has 2 nitrogen and oxygen atoms in total. The highest BCUT2D eigenvalue weighted by atomic mass is 19.4. The summed E-state index contributed by atoms with van der Waals surface area (Å²) in [5.41, 5.74) is -1.06. The molecule has 0 aliphatic rings. The smallest absolute Gasteiger partial charge is 0.301 e. The molecule has 5 heteroatoms. The van der Waals surface area contributed by atoms with Crippen LogP contribution >= 0.6 is 0 Å². The highest BCUT2D eigenvalue weighted by molar-refractivity contribution is 5.62. The van der Waals surface area contributed by atoms with Gasteiger partial charge in [0.05, 0.1) is 12.1 Å². The Morgan fingerprint density at radius 2 is 1.75 bits per heavy atom. The third-order valence-electron chi connectivity index (χ3n) is 1.69. The van der Waals surface area contributed by atoms with Crippen molar-refractivity contribution in [2.75, 3.05) is 13.6 Å². The lowest BCUT2D eigenvalue weighted by Crippen LogP contribution is -2.46. The van der Waals surface area contributed by atoms with Crippen LogP contribution in [0.15, 0.2) is 0 Å². The number of nitrogens with zero attached hydrogens (tertiary/aromatic N) is 1. The largest absolute Gasteiger partial charge is 0.401 e. The Labute approximate surface area is 69.3 Å². The van der Waals surface area contributed by atoms with Gasteiger partial charge in [-0.3, -0.25) is 4.90 Å². The monoisotopic (exact) mass is 183 g/mol. The summed E-state index contributed by atoms with van der Waals surface area (Å²) in [5.74, 6) is 0. The van der Waals surface area contributed by atoms with E-state index < -0.39 is 18.3 Å². The zero-order valence-corrected chi connectivity index (χ0v) is 7.27. The molecule has 0 heterocycles. The van der Waals surface area contributed by atoms with Crippen LogP contribution in [0, 0.1) is 0 Å². The predicted molar refractivity (Wildman–Crippen MR) is 38.8 cm³/mol. The summed E-state index contributed by atoms with van der Waals surface area (Å²) in [5, 5.41) is 0. The lowest BCUT2D eigenvalue weighted by Gasteiger charge is -2.30. The highest BCUT2D eigenvalue weighted by Gasteiger charge is 2.34. The molecule has 0 N–H and O–H groups in total. The van der Waals surface area contributed by atoms with Crippen molar-refractivity contribution in [1.29, 1.82) is 0 Å². The minimum Gasteiger partial charge on any atom is -0.301 e. The third-order valence-corrected chi connectivity index (χ3v) is 1.69. The van der Waals surface area contributed by atoms with Crippen molar-refractivity contribution in [2.24, 2.45) is 0 Å². The number of aldehydes is 1. The number of rotatable bonds is 3. The zero-order chi connectivity index (χ0) is 9.99. The minimum absolute atomic E-state index is 0.499. The molecule has 12 heavy (non-hydrogen) atoms. The second kappa shape index (κ2) is 3.43. The minimum atomic E-state index is -4.25. The van der Waals surface area contributed by atoms with E-state index in [0.29, 0.717) is 6.29 Å². The van der Waals surface area contributed by atoms with Gasteiger partial charge in [0.2, 0.25) is 0 Å². The van der Waals surface area contributed by atoms with E-state index in [1.165, 1.54) is 20.9 Å². The van der Waals surface area contributed by atoms with E-state index in [1.54, 1.807) is 0 Å². The lowest BCUT2D eigenvalue weighted by atomic mass is 10.1. The van der Waals surface area contributed by atoms with Crippen LogP contribution in [0.25, 0.3) is 0 Å². The first kappa shape index (κ1) is 11.4. The maximum absolute atomic E-state index is 11.8. The van der Waals surface area contributed by atoms with Crippen LogP contribution in [-0.4, -0.2) is 36.5 Å². The summed E-state index contributed by atoms with van der Waals surface area (Å²) in [6.07, 6.45) is -3.76. The van der Waals surface area contributed by atoms with E-state index in [9.17, 15) is 18.0 Å². The number of hydrogen-bond acceptors (Lipinski definition) is 2. The Balaban J connectivity index is 4.22. The van der Waals surface area contributed by atoms with E-state index in [-0.39, 0.29) is 0 Å². The molecule has 0 bridgehead atoms. The molecule has 0 rings (SSSR count). The van der Waals surface area contributed by atoms with E-state index in [0.717, 1.165) is 4.90 Å². The topological polar surface area (TPSA) is 20.3 Å². The second-order valence-electron chi connectivity index (χ2n) is 3.24. The van der Waals surface area contributed by atoms with Crippen molar-refractivity contribution in [1.82, 2.24) is 4.90 Å². The molecule has 0 radical (unpaired) electrons. The number of alkyl halides is 3. The molecular formula is C7H12F3NO. The van der Waals surface area contributed by atoms with Gasteiger partial charge in [-0.1, -0.05) is 0 Å². The van der Waals surface area contributed by atoms with Gasteiger partial charge >= 0.3 is 6.18 Å². The first-order valence-corrected chi connectivity index (χ1v) is 3.43. The first-order chi connectivity index (χ1) is 5.19. The molecule has 0 spiro atoms. The van der Waals surface area contributed by atoms with Gasteiger partial charge in [0.15, 0.2) is 0 Å². The Bertz CT molecular complexity index is 165. The highest BCUT2D eigenvalue weighted by Crippen LogP contribution is 2.19. The molecule has 0 aromatic rings. The van der Waals surface area contributed by atoms with E-state index in [4.69, 9.17) is 0 Å². The van der Waals surface area contributed by atoms with Crippen LogP contribution in [0.5, 0.6) is 0 Å². The standard InChI is InChI=1S/C7H12F3NO/c1-6(2,5-12)11(3)4-7(8,9)10/h5H,4H2,1-3H3. The van der Waals surface area contributed by atoms with Gasteiger partial charge in [0.25, 0.3) is 0 Å². The zero-order valence-electron chi connectivity index (χ0n) is 7.27. The van der Waals surface area contributed by atoms with Gasteiger partial charge in [0.1, 0.15) is 6.29 Å². The maximum Gasteiger partial charge on any atom is 0.401 e. The van der Waals surface area contributed by atoms with Crippen molar-refractivity contribution >= 4 is 6.29 Å². The molecule has 0 aromatic carbocycles. The quantitative estimate of drug-likeness (QED) is 0.617. The van der Waals surface area contributed by atoms with E-state index in [2.05, 4.69) is 0 Å². The Hall–Kier alpha value is -0.580.